The zero-order valence-electron chi connectivity index (χ0n) is 15.7. The van der Waals surface area contributed by atoms with Crippen LogP contribution in [-0.4, -0.2) is 49.8 Å². The Bertz CT molecular complexity index is 1000. The number of nitrogens with zero attached hydrogens (tertiary/aromatic N) is 4. The van der Waals surface area contributed by atoms with Gasteiger partial charge in [-0.15, -0.1) is 0 Å². The highest BCUT2D eigenvalue weighted by atomic mass is 16.5. The number of aromatic nitrogens is 3. The van der Waals surface area contributed by atoms with Crippen molar-refractivity contribution in [3.05, 3.63) is 71.6 Å². The van der Waals surface area contributed by atoms with E-state index in [1.807, 2.05) is 25.3 Å². The number of amides is 1. The Morgan fingerprint density at radius 1 is 1.25 bits per heavy atom. The zero-order valence-corrected chi connectivity index (χ0v) is 15.7. The van der Waals surface area contributed by atoms with Crippen LogP contribution in [0, 0.1) is 6.92 Å². The lowest BCUT2D eigenvalue weighted by Crippen LogP contribution is -2.50. The van der Waals surface area contributed by atoms with Crippen LogP contribution in [0.3, 0.4) is 0 Å². The molecular weight excluding hydrogens is 356 g/mol. The molecule has 1 amide bonds. The zero-order chi connectivity index (χ0) is 19.3. The molecule has 3 aromatic rings. The van der Waals surface area contributed by atoms with Crippen molar-refractivity contribution >= 4 is 5.91 Å². The van der Waals surface area contributed by atoms with Crippen LogP contribution in [0.25, 0.3) is 0 Å². The van der Waals surface area contributed by atoms with Gasteiger partial charge in [0.2, 0.25) is 0 Å². The first-order valence-corrected chi connectivity index (χ1v) is 9.58. The van der Waals surface area contributed by atoms with Gasteiger partial charge < -0.3 is 19.1 Å². The van der Waals surface area contributed by atoms with E-state index in [2.05, 4.69) is 26.8 Å². The second-order valence-electron chi connectivity index (χ2n) is 7.69. The van der Waals surface area contributed by atoms with Gasteiger partial charge in [-0.2, -0.15) is 0 Å². The maximum atomic E-state index is 12.6. The quantitative estimate of drug-likeness (QED) is 0.740. The van der Waals surface area contributed by atoms with Crippen LogP contribution in [0.15, 0.2) is 53.5 Å². The minimum Gasteiger partial charge on any atom is -0.390 e. The van der Waals surface area contributed by atoms with Crippen molar-refractivity contribution in [2.45, 2.75) is 37.3 Å². The second-order valence-corrected chi connectivity index (χ2v) is 7.69. The van der Waals surface area contributed by atoms with Crippen molar-refractivity contribution in [1.82, 2.24) is 19.6 Å². The van der Waals surface area contributed by atoms with Crippen molar-refractivity contribution in [3.63, 3.8) is 0 Å². The molecule has 144 valence electrons. The number of likely N-dealkylation sites (tertiary alicyclic amines) is 1. The Morgan fingerprint density at radius 3 is 2.71 bits per heavy atom. The van der Waals surface area contributed by atoms with Crippen molar-refractivity contribution in [2.24, 2.45) is 0 Å². The maximum Gasteiger partial charge on any atom is 0.276 e. The summed E-state index contributed by atoms with van der Waals surface area (Å²) in [6.07, 6.45) is 5.96. The molecule has 1 aromatic carbocycles. The first-order chi connectivity index (χ1) is 13.6. The molecule has 5 rings (SSSR count). The van der Waals surface area contributed by atoms with E-state index >= 15 is 0 Å². The third kappa shape index (κ3) is 2.36. The first kappa shape index (κ1) is 17.2. The number of fused-ring (bicyclic) bond motifs is 2. The van der Waals surface area contributed by atoms with Gasteiger partial charge in [-0.25, -0.2) is 4.98 Å². The number of aliphatic hydroxyl groups excluding tert-OH is 1. The lowest BCUT2D eigenvalue weighted by atomic mass is 9.72. The number of carbonyl (C=O) groups excluding carboxylic acids is 1. The maximum absolute atomic E-state index is 12.6. The van der Waals surface area contributed by atoms with Gasteiger partial charge >= 0.3 is 0 Å². The third-order valence-corrected chi connectivity index (χ3v) is 6.44. The number of piperidine rings is 1. The monoisotopic (exact) mass is 378 g/mol. The van der Waals surface area contributed by atoms with E-state index in [0.717, 1.165) is 11.4 Å². The van der Waals surface area contributed by atoms with Crippen molar-refractivity contribution in [3.8, 4) is 0 Å². The van der Waals surface area contributed by atoms with E-state index in [1.165, 1.54) is 11.8 Å². The van der Waals surface area contributed by atoms with E-state index in [9.17, 15) is 9.90 Å². The summed E-state index contributed by atoms with van der Waals surface area (Å²) in [7, 11) is 0. The van der Waals surface area contributed by atoms with Gasteiger partial charge in [0.25, 0.3) is 5.91 Å². The normalized spacial score (nSPS) is 23.1. The fourth-order valence-corrected chi connectivity index (χ4v) is 4.98. The molecule has 3 heterocycles. The number of hydrogen-bond donors (Lipinski definition) is 1. The predicted octanol–water partition coefficient (Wildman–Crippen LogP) is 2.32. The van der Waals surface area contributed by atoms with Crippen LogP contribution < -0.4 is 0 Å². The lowest BCUT2D eigenvalue weighted by Gasteiger charge is -2.42. The topological polar surface area (TPSA) is 84.4 Å². The molecule has 7 heteroatoms. The molecule has 0 unspecified atom stereocenters. The third-order valence-electron chi connectivity index (χ3n) is 6.44. The van der Waals surface area contributed by atoms with E-state index in [0.29, 0.717) is 31.6 Å². The fourth-order valence-electron chi connectivity index (χ4n) is 4.98. The molecule has 0 bridgehead atoms. The predicted molar refractivity (Wildman–Crippen MR) is 101 cm³/mol. The smallest absolute Gasteiger partial charge is 0.276 e. The minimum atomic E-state index is -0.567. The largest absolute Gasteiger partial charge is 0.390 e. The molecule has 0 radical (unpaired) electrons. The summed E-state index contributed by atoms with van der Waals surface area (Å²) in [5.74, 6) is 0.765. The summed E-state index contributed by atoms with van der Waals surface area (Å²) in [5, 5.41) is 15.3. The molecule has 1 fully saturated rings. The van der Waals surface area contributed by atoms with Gasteiger partial charge in [0, 0.05) is 37.0 Å². The summed E-state index contributed by atoms with van der Waals surface area (Å²) in [5.41, 5.74) is 2.30. The van der Waals surface area contributed by atoms with Gasteiger partial charge in [0.05, 0.1) is 12.1 Å². The summed E-state index contributed by atoms with van der Waals surface area (Å²) in [4.78, 5) is 18.8. The fraction of sp³-hybridized carbons (Fsp3) is 0.381. The molecular formula is C21H22N4O3. The number of benzene rings is 1. The van der Waals surface area contributed by atoms with Crippen LogP contribution in [0.4, 0.5) is 0 Å². The van der Waals surface area contributed by atoms with Crippen LogP contribution in [0.5, 0.6) is 0 Å². The summed E-state index contributed by atoms with van der Waals surface area (Å²) < 4.78 is 6.86. The number of carbonyl (C=O) groups is 1. The number of rotatable bonds is 2. The van der Waals surface area contributed by atoms with Crippen molar-refractivity contribution in [2.75, 3.05) is 13.1 Å². The Hall–Kier alpha value is -2.93. The van der Waals surface area contributed by atoms with E-state index in [1.54, 1.807) is 17.2 Å². The van der Waals surface area contributed by atoms with Crippen LogP contribution in [0.1, 0.15) is 46.3 Å². The standard InChI is InChI=1S/C21H22N4O3/c1-14-22-9-12-25(14)18-15-4-2-3-5-16(15)21(19(18)26)7-10-24(11-8-21)20(27)17-6-13-28-23-17/h2-6,9,12-13,18-19,26H,7-8,10-11H2,1H3/t18-,19+/m1/s1. The van der Waals surface area contributed by atoms with Crippen molar-refractivity contribution < 1.29 is 14.4 Å². The molecule has 7 nitrogen and oxygen atoms in total. The van der Waals surface area contributed by atoms with Gasteiger partial charge in [0.1, 0.15) is 12.1 Å². The van der Waals surface area contributed by atoms with Crippen LogP contribution in [0.2, 0.25) is 0 Å². The van der Waals surface area contributed by atoms with E-state index < -0.39 is 6.10 Å². The van der Waals surface area contributed by atoms with E-state index in [-0.39, 0.29) is 17.4 Å². The molecule has 28 heavy (non-hydrogen) atoms. The lowest BCUT2D eigenvalue weighted by molar-refractivity contribution is 0.0202. The highest BCUT2D eigenvalue weighted by Gasteiger charge is 2.53. The summed E-state index contributed by atoms with van der Waals surface area (Å²) in [6.45, 7) is 3.11. The first-order valence-electron chi connectivity index (χ1n) is 9.58. The number of aliphatic hydroxyl groups is 1. The molecule has 1 aliphatic carbocycles. The number of hydrogen-bond acceptors (Lipinski definition) is 5. The summed E-state index contributed by atoms with van der Waals surface area (Å²) >= 11 is 0. The average Bonchev–Trinajstić information content (AvgIpc) is 3.44. The molecule has 2 atom stereocenters. The minimum absolute atomic E-state index is 0.119. The Balaban J connectivity index is 1.47. The SMILES string of the molecule is Cc1nccn1[C@@H]1c2ccccc2C2(CCN(C(=O)c3ccon3)CC2)[C@H]1O. The summed E-state index contributed by atoms with van der Waals surface area (Å²) in [6, 6.07) is 9.71. The second kappa shape index (κ2) is 6.31. The molecule has 1 spiro atoms. The molecule has 2 aromatic heterocycles. The van der Waals surface area contributed by atoms with Gasteiger partial charge in [-0.3, -0.25) is 4.79 Å². The van der Waals surface area contributed by atoms with Crippen molar-refractivity contribution in [1.29, 1.82) is 0 Å². The van der Waals surface area contributed by atoms with Gasteiger partial charge in [0.15, 0.2) is 5.69 Å². The average molecular weight is 378 g/mol. The number of imidazole rings is 1. The molecule has 2 aliphatic rings. The van der Waals surface area contributed by atoms with Gasteiger partial charge in [-0.05, 0) is 30.9 Å². The number of aryl methyl sites for hydroxylation is 1. The Kier molecular flexibility index (Phi) is 3.87. The van der Waals surface area contributed by atoms with Crippen LogP contribution >= 0.6 is 0 Å². The van der Waals surface area contributed by atoms with Gasteiger partial charge in [-0.1, -0.05) is 29.4 Å². The highest BCUT2D eigenvalue weighted by molar-refractivity contribution is 5.92. The molecule has 1 N–H and O–H groups in total. The molecule has 1 saturated heterocycles. The molecule has 1 aliphatic heterocycles. The van der Waals surface area contributed by atoms with E-state index in [4.69, 9.17) is 4.52 Å². The highest BCUT2D eigenvalue weighted by Crippen LogP contribution is 2.52. The Morgan fingerprint density at radius 2 is 2.04 bits per heavy atom. The Labute approximate surface area is 162 Å². The van der Waals surface area contributed by atoms with Crippen LogP contribution in [-0.2, 0) is 5.41 Å². The molecule has 0 saturated carbocycles.